The second kappa shape index (κ2) is 4.90. The second-order valence-electron chi connectivity index (χ2n) is 4.16. The van der Waals surface area contributed by atoms with Crippen molar-refractivity contribution in [3.63, 3.8) is 0 Å². The van der Waals surface area contributed by atoms with Crippen molar-refractivity contribution in [1.82, 2.24) is 4.98 Å². The van der Waals surface area contributed by atoms with E-state index in [2.05, 4.69) is 26.2 Å². The number of hydrogen-bond acceptors (Lipinski definition) is 3. The van der Waals surface area contributed by atoms with Crippen LogP contribution in [0.3, 0.4) is 0 Å². The molecule has 2 nitrogen and oxygen atoms in total. The minimum Gasteiger partial charge on any atom is -0.328 e. The van der Waals surface area contributed by atoms with Gasteiger partial charge in [0.25, 0.3) is 0 Å². The van der Waals surface area contributed by atoms with Crippen molar-refractivity contribution in [2.24, 2.45) is 0 Å². The second-order valence-corrected chi connectivity index (χ2v) is 6.05. The van der Waals surface area contributed by atoms with Crippen LogP contribution in [0.25, 0.3) is 10.2 Å². The Morgan fingerprint density at radius 3 is 2.74 bits per heavy atom. The lowest BCUT2D eigenvalue weighted by Crippen LogP contribution is -1.94. The summed E-state index contributed by atoms with van der Waals surface area (Å²) in [4.78, 5) is 4.51. The van der Waals surface area contributed by atoms with E-state index in [9.17, 15) is 4.39 Å². The van der Waals surface area contributed by atoms with Gasteiger partial charge in [-0.2, -0.15) is 0 Å². The summed E-state index contributed by atoms with van der Waals surface area (Å²) in [5.74, 6) is -0.301. The third kappa shape index (κ3) is 2.35. The summed E-state index contributed by atoms with van der Waals surface area (Å²) in [6.45, 7) is 2.02. The molecule has 3 rings (SSSR count). The lowest BCUT2D eigenvalue weighted by atomic mass is 10.2. The zero-order chi connectivity index (χ0) is 13.4. The van der Waals surface area contributed by atoms with Crippen LogP contribution >= 0.6 is 27.3 Å². The number of hydrogen-bond donors (Lipinski definition) is 1. The molecule has 0 amide bonds. The van der Waals surface area contributed by atoms with Gasteiger partial charge in [-0.05, 0) is 46.6 Å². The maximum atomic E-state index is 13.8. The molecular weight excluding hydrogens is 327 g/mol. The van der Waals surface area contributed by atoms with Crippen LogP contribution < -0.4 is 5.32 Å². The molecule has 0 radical (unpaired) electrons. The van der Waals surface area contributed by atoms with Gasteiger partial charge in [0.15, 0.2) is 5.13 Å². The number of rotatable bonds is 2. The first-order chi connectivity index (χ1) is 9.15. The van der Waals surface area contributed by atoms with E-state index in [0.717, 1.165) is 15.8 Å². The van der Waals surface area contributed by atoms with Crippen molar-refractivity contribution >= 4 is 48.3 Å². The fourth-order valence-electron chi connectivity index (χ4n) is 1.86. The highest BCUT2D eigenvalue weighted by atomic mass is 79.9. The molecule has 19 heavy (non-hydrogen) atoms. The van der Waals surface area contributed by atoms with Crippen molar-refractivity contribution in [3.8, 4) is 0 Å². The van der Waals surface area contributed by atoms with Crippen LogP contribution in [0.1, 0.15) is 5.56 Å². The van der Waals surface area contributed by atoms with Gasteiger partial charge in [-0.15, -0.1) is 0 Å². The van der Waals surface area contributed by atoms with Crippen LogP contribution in [0.5, 0.6) is 0 Å². The van der Waals surface area contributed by atoms with Crippen LogP contribution in [0.4, 0.5) is 15.2 Å². The van der Waals surface area contributed by atoms with E-state index >= 15 is 0 Å². The summed E-state index contributed by atoms with van der Waals surface area (Å²) < 4.78 is 15.5. The van der Waals surface area contributed by atoms with Gasteiger partial charge in [-0.3, -0.25) is 0 Å². The number of halogens is 2. The van der Waals surface area contributed by atoms with Gasteiger partial charge in [0.2, 0.25) is 0 Å². The van der Waals surface area contributed by atoms with E-state index in [1.807, 2.05) is 25.1 Å². The molecule has 0 spiro atoms. The van der Waals surface area contributed by atoms with Crippen LogP contribution in [0, 0.1) is 12.7 Å². The monoisotopic (exact) mass is 336 g/mol. The number of nitrogens with zero attached hydrogens (tertiary/aromatic N) is 1. The van der Waals surface area contributed by atoms with Crippen LogP contribution in [-0.2, 0) is 0 Å². The number of anilines is 2. The zero-order valence-electron chi connectivity index (χ0n) is 10.1. The quantitative estimate of drug-likeness (QED) is 0.691. The van der Waals surface area contributed by atoms with Gasteiger partial charge in [0, 0.05) is 4.47 Å². The highest BCUT2D eigenvalue weighted by Crippen LogP contribution is 2.33. The highest BCUT2D eigenvalue weighted by Gasteiger charge is 2.10. The molecule has 0 aliphatic rings. The van der Waals surface area contributed by atoms with Crippen molar-refractivity contribution < 1.29 is 4.39 Å². The zero-order valence-corrected chi connectivity index (χ0v) is 12.5. The first-order valence-electron chi connectivity index (χ1n) is 5.72. The molecular formula is C14H10BrFN2S. The van der Waals surface area contributed by atoms with Crippen molar-refractivity contribution in [1.29, 1.82) is 0 Å². The van der Waals surface area contributed by atoms with Crippen LogP contribution in [-0.4, -0.2) is 4.98 Å². The Morgan fingerprint density at radius 1 is 1.21 bits per heavy atom. The van der Waals surface area contributed by atoms with Crippen molar-refractivity contribution in [2.75, 3.05) is 5.32 Å². The van der Waals surface area contributed by atoms with Gasteiger partial charge >= 0.3 is 0 Å². The summed E-state index contributed by atoms with van der Waals surface area (Å²) in [7, 11) is 0. The third-order valence-electron chi connectivity index (χ3n) is 2.82. The van der Waals surface area contributed by atoms with Crippen LogP contribution in [0.2, 0.25) is 0 Å². The molecule has 96 valence electrons. The predicted molar refractivity (Wildman–Crippen MR) is 81.7 cm³/mol. The molecule has 1 N–H and O–H groups in total. The molecule has 0 saturated carbocycles. The Bertz CT molecular complexity index is 734. The Hall–Kier alpha value is -1.46. The van der Waals surface area contributed by atoms with Gasteiger partial charge < -0.3 is 5.32 Å². The molecule has 0 fully saturated rings. The summed E-state index contributed by atoms with van der Waals surface area (Å²) >= 11 is 4.85. The number of benzene rings is 2. The first kappa shape index (κ1) is 12.6. The number of aryl methyl sites for hydroxylation is 1. The predicted octanol–water partition coefficient (Wildman–Crippen LogP) is 5.25. The third-order valence-corrected chi connectivity index (χ3v) is 4.41. The highest BCUT2D eigenvalue weighted by molar-refractivity contribution is 9.10. The number of para-hydroxylation sites is 2. The maximum absolute atomic E-state index is 13.8. The average Bonchev–Trinajstić information content (AvgIpc) is 2.78. The number of fused-ring (bicyclic) bond motifs is 1. The first-order valence-corrected chi connectivity index (χ1v) is 7.33. The molecule has 0 saturated heterocycles. The van der Waals surface area contributed by atoms with Gasteiger partial charge in [0.05, 0.1) is 15.9 Å². The van der Waals surface area contributed by atoms with E-state index in [0.29, 0.717) is 15.3 Å². The normalized spacial score (nSPS) is 10.9. The van der Waals surface area contributed by atoms with Gasteiger partial charge in [0.1, 0.15) is 5.82 Å². The molecule has 0 unspecified atom stereocenters. The molecule has 3 aromatic rings. The molecule has 0 aliphatic carbocycles. The molecule has 5 heteroatoms. The summed E-state index contributed by atoms with van der Waals surface area (Å²) in [5.41, 5.74) is 2.50. The molecule has 0 bridgehead atoms. The largest absolute Gasteiger partial charge is 0.328 e. The van der Waals surface area contributed by atoms with Crippen molar-refractivity contribution in [3.05, 3.63) is 52.3 Å². The maximum Gasteiger partial charge on any atom is 0.188 e. The number of thiazole rings is 1. The lowest BCUT2D eigenvalue weighted by Gasteiger charge is -2.05. The number of nitrogens with one attached hydrogen (secondary N) is 1. The summed E-state index contributed by atoms with van der Waals surface area (Å²) in [6.07, 6.45) is 0. The molecule has 1 aromatic heterocycles. The van der Waals surface area contributed by atoms with E-state index in [-0.39, 0.29) is 5.82 Å². The smallest absolute Gasteiger partial charge is 0.188 e. The average molecular weight is 337 g/mol. The van der Waals surface area contributed by atoms with E-state index in [1.165, 1.54) is 17.4 Å². The Kier molecular flexibility index (Phi) is 3.24. The molecule has 0 aliphatic heterocycles. The standard InChI is InChI=1S/C14H10BrFN2S/c1-8-4-2-7-11-12(8)17-14(19-11)18-13-9(15)5-3-6-10(13)16/h2-7H,1H3,(H,17,18). The van der Waals surface area contributed by atoms with E-state index in [1.54, 1.807) is 12.1 Å². The summed E-state index contributed by atoms with van der Waals surface area (Å²) in [5, 5.41) is 3.73. The topological polar surface area (TPSA) is 24.9 Å². The fourth-order valence-corrected chi connectivity index (χ4v) is 3.25. The van der Waals surface area contributed by atoms with Crippen LogP contribution in [0.15, 0.2) is 40.9 Å². The van der Waals surface area contributed by atoms with Gasteiger partial charge in [-0.25, -0.2) is 9.37 Å². The molecule has 0 atom stereocenters. The lowest BCUT2D eigenvalue weighted by molar-refractivity contribution is 0.631. The Morgan fingerprint density at radius 2 is 2.00 bits per heavy atom. The Balaban J connectivity index is 2.04. The number of aromatic nitrogens is 1. The minimum atomic E-state index is -0.301. The summed E-state index contributed by atoms with van der Waals surface area (Å²) in [6, 6.07) is 10.9. The fraction of sp³-hybridized carbons (Fsp3) is 0.0714. The molecule has 2 aromatic carbocycles. The SMILES string of the molecule is Cc1cccc2sc(Nc3c(F)cccc3Br)nc12. The molecule has 1 heterocycles. The Labute approximate surface area is 122 Å². The minimum absolute atomic E-state index is 0.301. The van der Waals surface area contributed by atoms with Gasteiger partial charge in [-0.1, -0.05) is 29.5 Å². The van der Waals surface area contributed by atoms with E-state index in [4.69, 9.17) is 0 Å². The van der Waals surface area contributed by atoms with Crippen molar-refractivity contribution in [2.45, 2.75) is 6.92 Å². The van der Waals surface area contributed by atoms with E-state index < -0.39 is 0 Å².